The van der Waals surface area contributed by atoms with Crippen molar-refractivity contribution in [1.82, 2.24) is 0 Å². The van der Waals surface area contributed by atoms with E-state index in [9.17, 15) is 9.59 Å². The fourth-order valence-electron chi connectivity index (χ4n) is 1.97. The second kappa shape index (κ2) is 6.02. The molecule has 0 amide bonds. The van der Waals surface area contributed by atoms with E-state index in [1.54, 1.807) is 6.07 Å². The van der Waals surface area contributed by atoms with Crippen molar-refractivity contribution in [2.24, 2.45) is 5.41 Å². The van der Waals surface area contributed by atoms with Crippen LogP contribution < -0.4 is 5.63 Å². The molecule has 1 heterocycles. The van der Waals surface area contributed by atoms with Crippen LogP contribution in [0.15, 0.2) is 37.9 Å². The predicted octanol–water partition coefficient (Wildman–Crippen LogP) is 4.03. The average Bonchev–Trinajstić information content (AvgIpc) is 2.33. The molecule has 1 aromatic carbocycles. The first kappa shape index (κ1) is 15.8. The van der Waals surface area contributed by atoms with Crippen LogP contribution in [0.4, 0.5) is 0 Å². The second-order valence-electron chi connectivity index (χ2n) is 6.13. The Hall–Kier alpha value is -1.62. The lowest BCUT2D eigenvalue weighted by Gasteiger charge is -2.16. The van der Waals surface area contributed by atoms with E-state index in [0.717, 1.165) is 9.86 Å². The highest BCUT2D eigenvalue weighted by Crippen LogP contribution is 2.23. The molecule has 0 spiro atoms. The minimum absolute atomic E-state index is 0.0681. The Labute approximate surface area is 131 Å². The van der Waals surface area contributed by atoms with E-state index in [1.807, 2.05) is 32.9 Å². The van der Waals surface area contributed by atoms with Gasteiger partial charge in [-0.2, -0.15) is 0 Å². The van der Waals surface area contributed by atoms with Crippen LogP contribution in [-0.4, -0.2) is 5.97 Å². The van der Waals surface area contributed by atoms with Gasteiger partial charge in [0.15, 0.2) is 0 Å². The number of benzene rings is 1. The van der Waals surface area contributed by atoms with E-state index in [4.69, 9.17) is 9.15 Å². The van der Waals surface area contributed by atoms with Crippen LogP contribution in [0.3, 0.4) is 0 Å². The monoisotopic (exact) mass is 352 g/mol. The maximum Gasteiger partial charge on any atom is 0.336 e. The highest BCUT2D eigenvalue weighted by Gasteiger charge is 2.17. The maximum absolute atomic E-state index is 11.8. The van der Waals surface area contributed by atoms with Crippen molar-refractivity contribution < 1.29 is 13.9 Å². The van der Waals surface area contributed by atoms with Gasteiger partial charge >= 0.3 is 11.6 Å². The Balaban J connectivity index is 2.22. The number of rotatable bonds is 3. The van der Waals surface area contributed by atoms with E-state index in [0.29, 0.717) is 17.6 Å². The first-order chi connectivity index (χ1) is 9.74. The molecule has 112 valence electrons. The molecule has 21 heavy (non-hydrogen) atoms. The predicted molar refractivity (Wildman–Crippen MR) is 84.1 cm³/mol. The van der Waals surface area contributed by atoms with Crippen molar-refractivity contribution in [3.8, 4) is 0 Å². The summed E-state index contributed by atoms with van der Waals surface area (Å²) < 4.78 is 11.2. The van der Waals surface area contributed by atoms with Crippen LogP contribution >= 0.6 is 15.9 Å². The van der Waals surface area contributed by atoms with E-state index < -0.39 is 5.63 Å². The van der Waals surface area contributed by atoms with E-state index >= 15 is 0 Å². The number of hydrogen-bond acceptors (Lipinski definition) is 4. The van der Waals surface area contributed by atoms with Gasteiger partial charge in [0.2, 0.25) is 0 Å². The zero-order chi connectivity index (χ0) is 15.6. The Bertz CT molecular complexity index is 725. The SMILES string of the molecule is CC(C)(C)CC(=O)OCc1cc(=O)oc2cc(Br)ccc12. The van der Waals surface area contributed by atoms with Gasteiger partial charge in [0.05, 0.1) is 6.42 Å². The quantitative estimate of drug-likeness (QED) is 0.617. The molecule has 0 saturated heterocycles. The lowest BCUT2D eigenvalue weighted by molar-refractivity contribution is -0.147. The van der Waals surface area contributed by atoms with Crippen molar-refractivity contribution in [3.63, 3.8) is 0 Å². The van der Waals surface area contributed by atoms with Gasteiger partial charge < -0.3 is 9.15 Å². The van der Waals surface area contributed by atoms with Crippen LogP contribution in [0.25, 0.3) is 11.0 Å². The average molecular weight is 353 g/mol. The van der Waals surface area contributed by atoms with E-state index in [1.165, 1.54) is 6.07 Å². The van der Waals surface area contributed by atoms with Gasteiger partial charge in [0.1, 0.15) is 12.2 Å². The molecule has 0 aliphatic rings. The summed E-state index contributed by atoms with van der Waals surface area (Å²) in [5.41, 5.74) is 0.539. The Morgan fingerprint density at radius 1 is 1.29 bits per heavy atom. The number of hydrogen-bond donors (Lipinski definition) is 0. The number of carbonyl (C=O) groups excluding carboxylic acids is 1. The molecule has 2 rings (SSSR count). The van der Waals surface area contributed by atoms with E-state index in [-0.39, 0.29) is 18.0 Å². The van der Waals surface area contributed by atoms with Crippen molar-refractivity contribution >= 4 is 32.9 Å². The summed E-state index contributed by atoms with van der Waals surface area (Å²) in [6, 6.07) is 6.76. The van der Waals surface area contributed by atoms with Gasteiger partial charge in [-0.3, -0.25) is 4.79 Å². The third-order valence-corrected chi connectivity index (χ3v) is 3.35. The van der Waals surface area contributed by atoms with Gasteiger partial charge in [-0.15, -0.1) is 0 Å². The molecule has 4 nitrogen and oxygen atoms in total. The summed E-state index contributed by atoms with van der Waals surface area (Å²) >= 11 is 3.33. The largest absolute Gasteiger partial charge is 0.461 e. The standard InChI is InChI=1S/C16H17BrO4/c1-16(2,3)8-15(19)20-9-10-6-14(18)21-13-7-11(17)4-5-12(10)13/h4-7H,8-9H2,1-3H3. The van der Waals surface area contributed by atoms with Gasteiger partial charge in [0.25, 0.3) is 0 Å². The lowest BCUT2D eigenvalue weighted by Crippen LogP contribution is -2.15. The fraction of sp³-hybridized carbons (Fsp3) is 0.375. The second-order valence-corrected chi connectivity index (χ2v) is 7.04. The summed E-state index contributed by atoms with van der Waals surface area (Å²) in [6.07, 6.45) is 0.331. The minimum Gasteiger partial charge on any atom is -0.461 e. The van der Waals surface area contributed by atoms with Crippen LogP contribution in [0.5, 0.6) is 0 Å². The number of halogens is 1. The zero-order valence-corrected chi connectivity index (χ0v) is 13.8. The molecule has 0 bridgehead atoms. The Morgan fingerprint density at radius 3 is 2.67 bits per heavy atom. The normalized spacial score (nSPS) is 11.6. The van der Waals surface area contributed by atoms with Crippen molar-refractivity contribution in [2.75, 3.05) is 0 Å². The van der Waals surface area contributed by atoms with Crippen LogP contribution in [0.2, 0.25) is 0 Å². The molecule has 0 radical (unpaired) electrons. The molecule has 0 N–H and O–H groups in total. The molecule has 0 saturated carbocycles. The maximum atomic E-state index is 11.8. The number of carbonyl (C=O) groups is 1. The molecule has 0 atom stereocenters. The molecule has 0 fully saturated rings. The molecule has 0 aliphatic heterocycles. The number of esters is 1. The highest BCUT2D eigenvalue weighted by atomic mass is 79.9. The molecule has 5 heteroatoms. The molecule has 0 unspecified atom stereocenters. The smallest absolute Gasteiger partial charge is 0.336 e. The van der Waals surface area contributed by atoms with Crippen molar-refractivity contribution in [1.29, 1.82) is 0 Å². The van der Waals surface area contributed by atoms with E-state index in [2.05, 4.69) is 15.9 Å². The summed E-state index contributed by atoms with van der Waals surface area (Å²) in [5.74, 6) is -0.277. The summed E-state index contributed by atoms with van der Waals surface area (Å²) in [7, 11) is 0. The Kier molecular flexibility index (Phi) is 4.52. The molecular weight excluding hydrogens is 336 g/mol. The lowest BCUT2D eigenvalue weighted by atomic mass is 9.92. The third-order valence-electron chi connectivity index (χ3n) is 2.86. The van der Waals surface area contributed by atoms with Gasteiger partial charge in [-0.1, -0.05) is 36.7 Å². The molecule has 0 aliphatic carbocycles. The number of ether oxygens (including phenoxy) is 1. The fourth-order valence-corrected chi connectivity index (χ4v) is 2.31. The molecular formula is C16H17BrO4. The van der Waals surface area contributed by atoms with Crippen molar-refractivity contribution in [2.45, 2.75) is 33.8 Å². The van der Waals surface area contributed by atoms with Gasteiger partial charge in [-0.05, 0) is 23.6 Å². The van der Waals surface area contributed by atoms with Crippen LogP contribution in [0.1, 0.15) is 32.8 Å². The van der Waals surface area contributed by atoms with Crippen LogP contribution in [-0.2, 0) is 16.1 Å². The molecule has 1 aromatic heterocycles. The van der Waals surface area contributed by atoms with Crippen molar-refractivity contribution in [3.05, 3.63) is 44.7 Å². The van der Waals surface area contributed by atoms with Gasteiger partial charge in [0, 0.05) is 21.5 Å². The number of fused-ring (bicyclic) bond motifs is 1. The first-order valence-corrected chi connectivity index (χ1v) is 7.42. The third kappa shape index (κ3) is 4.43. The molecule has 2 aromatic rings. The Morgan fingerprint density at radius 2 is 2.00 bits per heavy atom. The summed E-state index contributed by atoms with van der Waals surface area (Å²) in [5, 5.41) is 0.765. The summed E-state index contributed by atoms with van der Waals surface area (Å²) in [6.45, 7) is 5.98. The minimum atomic E-state index is -0.456. The topological polar surface area (TPSA) is 56.5 Å². The van der Waals surface area contributed by atoms with Crippen LogP contribution in [0, 0.1) is 5.41 Å². The summed E-state index contributed by atoms with van der Waals surface area (Å²) in [4.78, 5) is 23.3. The van der Waals surface area contributed by atoms with Gasteiger partial charge in [-0.25, -0.2) is 4.79 Å². The zero-order valence-electron chi connectivity index (χ0n) is 12.2. The highest BCUT2D eigenvalue weighted by molar-refractivity contribution is 9.10. The first-order valence-electron chi connectivity index (χ1n) is 6.62.